The SMILES string of the molecule is CN(C1CCCCCC1)C(O)c1csc(CNS(=O)(=O)c2cccc(Cl)c2)n1. The minimum atomic E-state index is -3.67. The first kappa shape index (κ1) is 21.7. The fraction of sp³-hybridized carbons (Fsp3) is 0.526. The molecule has 0 amide bonds. The maximum Gasteiger partial charge on any atom is 0.241 e. The molecule has 2 aromatic rings. The Morgan fingerprint density at radius 3 is 2.71 bits per heavy atom. The maximum atomic E-state index is 12.4. The Morgan fingerprint density at radius 1 is 1.32 bits per heavy atom. The molecule has 0 bridgehead atoms. The van der Waals surface area contributed by atoms with Gasteiger partial charge in [0, 0.05) is 16.4 Å². The van der Waals surface area contributed by atoms with E-state index in [1.165, 1.54) is 49.2 Å². The number of aliphatic hydroxyl groups excluding tert-OH is 1. The Morgan fingerprint density at radius 2 is 2.04 bits per heavy atom. The Kier molecular flexibility index (Phi) is 7.47. The summed E-state index contributed by atoms with van der Waals surface area (Å²) in [4.78, 5) is 6.54. The fourth-order valence-electron chi connectivity index (χ4n) is 3.47. The topological polar surface area (TPSA) is 82.5 Å². The minimum Gasteiger partial charge on any atom is -0.372 e. The van der Waals surface area contributed by atoms with Gasteiger partial charge < -0.3 is 5.11 Å². The van der Waals surface area contributed by atoms with Gasteiger partial charge >= 0.3 is 0 Å². The third-order valence-corrected chi connectivity index (χ3v) is 7.64. The van der Waals surface area contributed by atoms with Gasteiger partial charge in [-0.05, 0) is 38.1 Å². The molecule has 6 nitrogen and oxygen atoms in total. The molecule has 9 heteroatoms. The lowest BCUT2D eigenvalue weighted by Crippen LogP contribution is -2.35. The maximum absolute atomic E-state index is 12.4. The number of hydrogen-bond acceptors (Lipinski definition) is 6. The number of halogens is 1. The Bertz CT molecular complexity index is 880. The molecule has 1 saturated carbocycles. The predicted octanol–water partition coefficient (Wildman–Crippen LogP) is 3.92. The normalized spacial score (nSPS) is 17.6. The van der Waals surface area contributed by atoms with E-state index in [0.29, 0.717) is 21.8 Å². The largest absolute Gasteiger partial charge is 0.372 e. The van der Waals surface area contributed by atoms with Crippen LogP contribution >= 0.6 is 22.9 Å². The highest BCUT2D eigenvalue weighted by atomic mass is 35.5. The van der Waals surface area contributed by atoms with Crippen LogP contribution in [0.5, 0.6) is 0 Å². The first-order valence-electron chi connectivity index (χ1n) is 9.46. The van der Waals surface area contributed by atoms with E-state index in [-0.39, 0.29) is 11.4 Å². The summed E-state index contributed by atoms with van der Waals surface area (Å²) in [5, 5.41) is 13.5. The summed E-state index contributed by atoms with van der Waals surface area (Å²) in [5.74, 6) is 0. The average Bonchev–Trinajstić information content (AvgIpc) is 2.99. The minimum absolute atomic E-state index is 0.0688. The van der Waals surface area contributed by atoms with Crippen molar-refractivity contribution < 1.29 is 13.5 Å². The molecule has 1 aromatic heterocycles. The van der Waals surface area contributed by atoms with Crippen molar-refractivity contribution in [2.24, 2.45) is 0 Å². The number of sulfonamides is 1. The van der Waals surface area contributed by atoms with E-state index in [4.69, 9.17) is 11.6 Å². The number of aliphatic hydroxyl groups is 1. The molecule has 1 aromatic carbocycles. The number of rotatable bonds is 7. The van der Waals surface area contributed by atoms with Crippen LogP contribution in [0.2, 0.25) is 5.02 Å². The molecule has 1 aliphatic rings. The van der Waals surface area contributed by atoms with Crippen molar-refractivity contribution in [1.29, 1.82) is 0 Å². The molecule has 1 heterocycles. The first-order chi connectivity index (χ1) is 13.4. The van der Waals surface area contributed by atoms with Gasteiger partial charge in [0.1, 0.15) is 5.01 Å². The lowest BCUT2D eigenvalue weighted by atomic mass is 10.1. The van der Waals surface area contributed by atoms with Crippen LogP contribution in [0.25, 0.3) is 0 Å². The van der Waals surface area contributed by atoms with Crippen molar-refractivity contribution in [3.05, 3.63) is 45.4 Å². The van der Waals surface area contributed by atoms with Gasteiger partial charge in [-0.2, -0.15) is 0 Å². The van der Waals surface area contributed by atoms with Crippen LogP contribution in [-0.4, -0.2) is 36.5 Å². The van der Waals surface area contributed by atoms with Gasteiger partial charge in [-0.3, -0.25) is 4.90 Å². The van der Waals surface area contributed by atoms with Crippen molar-refractivity contribution >= 4 is 33.0 Å². The van der Waals surface area contributed by atoms with Crippen LogP contribution in [-0.2, 0) is 16.6 Å². The van der Waals surface area contributed by atoms with Crippen molar-refractivity contribution in [1.82, 2.24) is 14.6 Å². The number of nitrogens with one attached hydrogen (secondary N) is 1. The molecular weight excluding hydrogens is 418 g/mol. The number of hydrogen-bond donors (Lipinski definition) is 2. The molecule has 1 atom stereocenters. The molecular formula is C19H26ClN3O3S2. The van der Waals surface area contributed by atoms with Crippen LogP contribution in [0.1, 0.15) is 55.5 Å². The van der Waals surface area contributed by atoms with E-state index in [1.807, 2.05) is 11.9 Å². The molecule has 28 heavy (non-hydrogen) atoms. The second-order valence-electron chi connectivity index (χ2n) is 7.13. The molecule has 1 aliphatic carbocycles. The quantitative estimate of drug-likeness (QED) is 0.500. The van der Waals surface area contributed by atoms with E-state index in [0.717, 1.165) is 12.8 Å². The second kappa shape index (κ2) is 9.65. The van der Waals surface area contributed by atoms with Gasteiger partial charge in [0.05, 0.1) is 17.1 Å². The molecule has 3 rings (SSSR count). The second-order valence-corrected chi connectivity index (χ2v) is 10.3. The summed E-state index contributed by atoms with van der Waals surface area (Å²) in [6, 6.07) is 6.47. The average molecular weight is 444 g/mol. The first-order valence-corrected chi connectivity index (χ1v) is 12.2. The standard InChI is InChI=1S/C19H26ClN3O3S2/c1-23(15-8-4-2-3-5-9-15)19(24)17-13-27-18(22-17)12-21-28(25,26)16-10-6-7-14(20)11-16/h6-7,10-11,13,15,19,21,24H,2-5,8-9,12H2,1H3. The molecule has 1 unspecified atom stereocenters. The lowest BCUT2D eigenvalue weighted by molar-refractivity contribution is -0.0148. The third kappa shape index (κ3) is 5.52. The smallest absolute Gasteiger partial charge is 0.241 e. The highest BCUT2D eigenvalue weighted by Crippen LogP contribution is 2.27. The van der Waals surface area contributed by atoms with E-state index in [2.05, 4.69) is 9.71 Å². The van der Waals surface area contributed by atoms with Gasteiger partial charge in [0.15, 0.2) is 6.23 Å². The van der Waals surface area contributed by atoms with E-state index in [9.17, 15) is 13.5 Å². The lowest BCUT2D eigenvalue weighted by Gasteiger charge is -2.30. The van der Waals surface area contributed by atoms with Crippen molar-refractivity contribution in [2.75, 3.05) is 7.05 Å². The predicted molar refractivity (Wildman–Crippen MR) is 112 cm³/mol. The summed E-state index contributed by atoms with van der Waals surface area (Å²) >= 11 is 7.21. The van der Waals surface area contributed by atoms with E-state index < -0.39 is 16.3 Å². The van der Waals surface area contributed by atoms with Crippen LogP contribution < -0.4 is 4.72 Å². The van der Waals surface area contributed by atoms with Gasteiger partial charge in [0.2, 0.25) is 10.0 Å². The summed E-state index contributed by atoms with van der Waals surface area (Å²) < 4.78 is 27.3. The number of nitrogens with zero attached hydrogens (tertiary/aromatic N) is 2. The summed E-state index contributed by atoms with van der Waals surface area (Å²) in [7, 11) is -1.74. The fourth-order valence-corrected chi connectivity index (χ4v) is 5.60. The number of aromatic nitrogens is 1. The van der Waals surface area contributed by atoms with Crippen LogP contribution in [0.4, 0.5) is 0 Å². The van der Waals surface area contributed by atoms with Gasteiger partial charge in [-0.25, -0.2) is 18.1 Å². The molecule has 0 radical (unpaired) electrons. The summed E-state index contributed by atoms with van der Waals surface area (Å²) in [5.41, 5.74) is 0.564. The molecule has 154 valence electrons. The van der Waals surface area contributed by atoms with Crippen LogP contribution in [0.3, 0.4) is 0 Å². The third-order valence-electron chi connectivity index (χ3n) is 5.14. The van der Waals surface area contributed by atoms with E-state index in [1.54, 1.807) is 17.5 Å². The Hall–Kier alpha value is -1.03. The molecule has 2 N–H and O–H groups in total. The van der Waals surface area contributed by atoms with Crippen LogP contribution in [0, 0.1) is 0 Å². The highest BCUT2D eigenvalue weighted by molar-refractivity contribution is 7.89. The zero-order valence-electron chi connectivity index (χ0n) is 15.8. The number of benzene rings is 1. The monoisotopic (exact) mass is 443 g/mol. The molecule has 0 saturated heterocycles. The summed E-state index contributed by atoms with van der Waals surface area (Å²) in [6.45, 7) is 0.0688. The van der Waals surface area contributed by atoms with Gasteiger partial charge in [0.25, 0.3) is 0 Å². The van der Waals surface area contributed by atoms with Crippen LogP contribution in [0.15, 0.2) is 34.5 Å². The van der Waals surface area contributed by atoms with Crippen molar-refractivity contribution in [2.45, 2.75) is 62.2 Å². The Labute approximate surface area is 175 Å². The molecule has 0 spiro atoms. The Balaban J connectivity index is 1.61. The van der Waals surface area contributed by atoms with Crippen molar-refractivity contribution in [3.8, 4) is 0 Å². The number of thiazole rings is 1. The van der Waals surface area contributed by atoms with Crippen molar-refractivity contribution in [3.63, 3.8) is 0 Å². The van der Waals surface area contributed by atoms with Gasteiger partial charge in [-0.15, -0.1) is 11.3 Å². The summed E-state index contributed by atoms with van der Waals surface area (Å²) in [6.07, 6.45) is 6.29. The zero-order valence-corrected chi connectivity index (χ0v) is 18.2. The van der Waals surface area contributed by atoms with Gasteiger partial charge in [-0.1, -0.05) is 43.4 Å². The highest BCUT2D eigenvalue weighted by Gasteiger charge is 2.25. The zero-order chi connectivity index (χ0) is 20.1. The van der Waals surface area contributed by atoms with E-state index >= 15 is 0 Å². The molecule has 0 aliphatic heterocycles. The molecule has 1 fully saturated rings.